The van der Waals surface area contributed by atoms with Gasteiger partial charge in [-0.25, -0.2) is 8.42 Å². The van der Waals surface area contributed by atoms with Gasteiger partial charge in [-0.05, 0) is 37.6 Å². The molecule has 4 aromatic rings. The third-order valence-electron chi connectivity index (χ3n) is 5.63. The van der Waals surface area contributed by atoms with Crippen LogP contribution in [0.5, 0.6) is 0 Å². The number of aromatic nitrogens is 5. The van der Waals surface area contributed by atoms with E-state index < -0.39 is 15.1 Å². The standard InChI is InChI=1S/C25H25N7O3S2/c1-4-21(24(33)28-23-18(14-26)15-27-31(23)3)36-25-30-29-22(32(25)19-8-6-5-7-9-19)16-37(34,35)20-12-10-17(2)11-13-20/h5-13,15,21H,4,16H2,1-3H3,(H,28,33). The Kier molecular flexibility index (Phi) is 7.75. The maximum absolute atomic E-state index is 13.2. The lowest BCUT2D eigenvalue weighted by molar-refractivity contribution is -0.115. The van der Waals surface area contributed by atoms with Crippen molar-refractivity contribution in [2.24, 2.45) is 7.05 Å². The maximum atomic E-state index is 13.2. The van der Waals surface area contributed by atoms with Crippen molar-refractivity contribution in [3.63, 3.8) is 0 Å². The minimum Gasteiger partial charge on any atom is -0.309 e. The fourth-order valence-electron chi connectivity index (χ4n) is 3.62. The van der Waals surface area contributed by atoms with Gasteiger partial charge in [-0.2, -0.15) is 10.4 Å². The number of nitrogens with one attached hydrogen (secondary N) is 1. The Morgan fingerprint density at radius 3 is 2.49 bits per heavy atom. The molecule has 2 heterocycles. The molecule has 0 aliphatic carbocycles. The van der Waals surface area contributed by atoms with Gasteiger partial charge in [0, 0.05) is 12.7 Å². The average Bonchev–Trinajstić information content (AvgIpc) is 3.45. The normalized spacial score (nSPS) is 12.2. The number of carbonyl (C=O) groups excluding carboxylic acids is 1. The minimum atomic E-state index is -3.70. The quantitative estimate of drug-likeness (QED) is 0.321. The second kappa shape index (κ2) is 11.0. The van der Waals surface area contributed by atoms with Crippen LogP contribution in [-0.2, 0) is 27.4 Å². The zero-order valence-corrected chi connectivity index (χ0v) is 22.1. The summed E-state index contributed by atoms with van der Waals surface area (Å²) >= 11 is 1.17. The van der Waals surface area contributed by atoms with Crippen LogP contribution in [0.25, 0.3) is 5.69 Å². The number of benzene rings is 2. The number of nitrogens with zero attached hydrogens (tertiary/aromatic N) is 6. The van der Waals surface area contributed by atoms with Crippen molar-refractivity contribution >= 4 is 33.3 Å². The lowest BCUT2D eigenvalue weighted by Gasteiger charge is -2.16. The van der Waals surface area contributed by atoms with Crippen LogP contribution in [0.3, 0.4) is 0 Å². The number of aryl methyl sites for hydroxylation is 2. The largest absolute Gasteiger partial charge is 0.309 e. The number of rotatable bonds is 9. The first-order chi connectivity index (χ1) is 17.7. The number of hydrogen-bond donors (Lipinski definition) is 1. The fraction of sp³-hybridized carbons (Fsp3) is 0.240. The zero-order valence-electron chi connectivity index (χ0n) is 20.5. The Hall–Kier alpha value is -3.95. The van der Waals surface area contributed by atoms with E-state index in [4.69, 9.17) is 0 Å². The van der Waals surface area contributed by atoms with Crippen molar-refractivity contribution in [3.8, 4) is 11.8 Å². The van der Waals surface area contributed by atoms with Crippen molar-refractivity contribution in [3.05, 3.63) is 77.7 Å². The summed E-state index contributed by atoms with van der Waals surface area (Å²) in [6.07, 6.45) is 1.84. The van der Waals surface area contributed by atoms with E-state index >= 15 is 0 Å². The molecule has 0 spiro atoms. The molecule has 1 unspecified atom stereocenters. The molecule has 0 fully saturated rings. The van der Waals surface area contributed by atoms with E-state index in [1.807, 2.05) is 50.2 Å². The monoisotopic (exact) mass is 535 g/mol. The lowest BCUT2D eigenvalue weighted by atomic mass is 10.2. The first kappa shape index (κ1) is 26.1. The van der Waals surface area contributed by atoms with Crippen molar-refractivity contribution in [2.45, 2.75) is 41.3 Å². The van der Waals surface area contributed by atoms with Crippen molar-refractivity contribution in [1.29, 1.82) is 5.26 Å². The summed E-state index contributed by atoms with van der Waals surface area (Å²) in [5.74, 6) is -0.143. The average molecular weight is 536 g/mol. The number of thioether (sulfide) groups is 1. The summed E-state index contributed by atoms with van der Waals surface area (Å²) in [6, 6.07) is 17.8. The molecule has 0 bridgehead atoms. The van der Waals surface area contributed by atoms with Crippen LogP contribution in [0.2, 0.25) is 0 Å². The van der Waals surface area contributed by atoms with Gasteiger partial charge in [0.15, 0.2) is 20.8 Å². The van der Waals surface area contributed by atoms with Crippen LogP contribution in [0, 0.1) is 18.3 Å². The van der Waals surface area contributed by atoms with Crippen LogP contribution in [0.4, 0.5) is 5.82 Å². The molecule has 2 aromatic heterocycles. The van der Waals surface area contributed by atoms with Crippen LogP contribution in [-0.4, -0.2) is 44.1 Å². The summed E-state index contributed by atoms with van der Waals surface area (Å²) in [6.45, 7) is 3.75. The topological polar surface area (TPSA) is 136 Å². The van der Waals surface area contributed by atoms with Crippen LogP contribution in [0.15, 0.2) is 70.8 Å². The Balaban J connectivity index is 1.66. The highest BCUT2D eigenvalue weighted by Gasteiger charge is 2.27. The third-order valence-corrected chi connectivity index (χ3v) is 8.56. The van der Waals surface area contributed by atoms with Gasteiger partial charge in [0.1, 0.15) is 23.2 Å². The second-order valence-electron chi connectivity index (χ2n) is 8.29. The maximum Gasteiger partial charge on any atom is 0.239 e. The molecule has 37 heavy (non-hydrogen) atoms. The first-order valence-electron chi connectivity index (χ1n) is 11.4. The Morgan fingerprint density at radius 1 is 1.14 bits per heavy atom. The van der Waals surface area contributed by atoms with E-state index in [0.29, 0.717) is 23.1 Å². The molecular weight excluding hydrogens is 510 g/mol. The van der Waals surface area contributed by atoms with E-state index in [2.05, 4.69) is 20.6 Å². The van der Waals surface area contributed by atoms with Crippen molar-refractivity contribution in [1.82, 2.24) is 24.5 Å². The van der Waals surface area contributed by atoms with E-state index in [-0.39, 0.29) is 27.9 Å². The minimum absolute atomic E-state index is 0.199. The predicted octanol–water partition coefficient (Wildman–Crippen LogP) is 3.66. The summed E-state index contributed by atoms with van der Waals surface area (Å²) < 4.78 is 29.4. The molecule has 10 nitrogen and oxygen atoms in total. The molecule has 1 atom stereocenters. The summed E-state index contributed by atoms with van der Waals surface area (Å²) in [4.78, 5) is 13.3. The third kappa shape index (κ3) is 5.73. The highest BCUT2D eigenvalue weighted by atomic mass is 32.2. The van der Waals surface area contributed by atoms with Gasteiger partial charge in [-0.1, -0.05) is 54.6 Å². The van der Waals surface area contributed by atoms with Crippen LogP contribution < -0.4 is 5.32 Å². The highest BCUT2D eigenvalue weighted by molar-refractivity contribution is 8.00. The van der Waals surface area contributed by atoms with Crippen molar-refractivity contribution < 1.29 is 13.2 Å². The lowest BCUT2D eigenvalue weighted by Crippen LogP contribution is -2.26. The molecule has 0 aliphatic heterocycles. The molecule has 190 valence electrons. The number of hydrogen-bond acceptors (Lipinski definition) is 8. The molecular formula is C25H25N7O3S2. The molecule has 1 N–H and O–H groups in total. The fourth-order valence-corrected chi connectivity index (χ4v) is 5.86. The molecule has 12 heteroatoms. The molecule has 4 rings (SSSR count). The zero-order chi connectivity index (χ0) is 26.6. The van der Waals surface area contributed by atoms with Gasteiger partial charge in [0.2, 0.25) is 5.91 Å². The molecule has 0 saturated carbocycles. The highest BCUT2D eigenvalue weighted by Crippen LogP contribution is 2.30. The number of amides is 1. The van der Waals surface area contributed by atoms with Gasteiger partial charge in [-0.15, -0.1) is 10.2 Å². The number of carbonyl (C=O) groups is 1. The number of anilines is 1. The summed E-state index contributed by atoms with van der Waals surface area (Å²) in [7, 11) is -2.06. The smallest absolute Gasteiger partial charge is 0.239 e. The Bertz CT molecular complexity index is 1550. The van der Waals surface area contributed by atoms with Crippen LogP contribution in [0.1, 0.15) is 30.3 Å². The Labute approximate surface area is 219 Å². The van der Waals surface area contributed by atoms with E-state index in [0.717, 1.165) is 5.56 Å². The summed E-state index contributed by atoms with van der Waals surface area (Å²) in [5.41, 5.74) is 1.89. The molecule has 0 radical (unpaired) electrons. The van der Waals surface area contributed by atoms with Gasteiger partial charge in [0.05, 0.1) is 16.3 Å². The van der Waals surface area contributed by atoms with E-state index in [9.17, 15) is 18.5 Å². The molecule has 0 saturated heterocycles. The Morgan fingerprint density at radius 2 is 1.84 bits per heavy atom. The van der Waals surface area contributed by atoms with E-state index in [1.165, 1.54) is 22.6 Å². The molecule has 1 amide bonds. The molecule has 2 aromatic carbocycles. The number of para-hydroxylation sites is 1. The predicted molar refractivity (Wildman–Crippen MR) is 140 cm³/mol. The van der Waals surface area contributed by atoms with E-state index in [1.54, 1.807) is 35.9 Å². The summed E-state index contributed by atoms with van der Waals surface area (Å²) in [5, 5.41) is 24.4. The number of sulfone groups is 1. The second-order valence-corrected chi connectivity index (χ2v) is 11.4. The van der Waals surface area contributed by atoms with Gasteiger partial charge in [0.25, 0.3) is 0 Å². The number of nitriles is 1. The first-order valence-corrected chi connectivity index (χ1v) is 14.0. The molecule has 0 aliphatic rings. The van der Waals surface area contributed by atoms with Gasteiger partial charge in [-0.3, -0.25) is 14.0 Å². The van der Waals surface area contributed by atoms with Crippen molar-refractivity contribution in [2.75, 3.05) is 5.32 Å². The van der Waals surface area contributed by atoms with Gasteiger partial charge < -0.3 is 5.32 Å². The SMILES string of the molecule is CCC(Sc1nnc(CS(=O)(=O)c2ccc(C)cc2)n1-c1ccccc1)C(=O)Nc1c(C#N)cnn1C. The van der Waals surface area contributed by atoms with Gasteiger partial charge >= 0.3 is 0 Å². The van der Waals surface area contributed by atoms with Crippen LogP contribution >= 0.6 is 11.8 Å².